The van der Waals surface area contributed by atoms with Crippen molar-refractivity contribution in [2.24, 2.45) is 5.92 Å². The lowest BCUT2D eigenvalue weighted by molar-refractivity contribution is -0.137. The minimum atomic E-state index is -4.53. The smallest absolute Gasteiger partial charge is 0.325 e. The summed E-state index contributed by atoms with van der Waals surface area (Å²) in [7, 11) is 0. The molecule has 0 aliphatic heterocycles. The molecule has 0 bridgehead atoms. The first-order valence-electron chi connectivity index (χ1n) is 7.82. The topological polar surface area (TPSA) is 54.9 Å². The van der Waals surface area contributed by atoms with Crippen molar-refractivity contribution in [3.63, 3.8) is 0 Å². The first-order valence-corrected chi connectivity index (χ1v) is 10.5. The molecule has 4 nitrogen and oxygen atoms in total. The molecule has 1 atom stereocenters. The second-order valence-electron chi connectivity index (χ2n) is 5.58. The van der Waals surface area contributed by atoms with Gasteiger partial charge in [0.25, 0.3) is 0 Å². The molecule has 1 amide bonds. The quantitative estimate of drug-likeness (QED) is 0.605. The number of halogens is 3. The predicted octanol–water partition coefficient (Wildman–Crippen LogP) is 5.42. The van der Waals surface area contributed by atoms with Crippen molar-refractivity contribution < 1.29 is 18.0 Å². The van der Waals surface area contributed by atoms with E-state index in [1.807, 2.05) is 20.8 Å². The van der Waals surface area contributed by atoms with Gasteiger partial charge in [-0.3, -0.25) is 4.79 Å². The summed E-state index contributed by atoms with van der Waals surface area (Å²) in [6.45, 7) is 5.69. The minimum absolute atomic E-state index is 0.0933. The molecule has 10 heteroatoms. The van der Waals surface area contributed by atoms with E-state index in [-0.39, 0.29) is 11.6 Å². The lowest BCUT2D eigenvalue weighted by Crippen LogP contribution is -2.30. The normalized spacial score (nSPS) is 13.0. The van der Waals surface area contributed by atoms with E-state index >= 15 is 0 Å². The Morgan fingerprint density at radius 1 is 1.23 bits per heavy atom. The standard InChI is InChI=1S/C16H18F3N3OS3/c1-4-24-14-21-22-15(26-14)25-12(9(2)3)13(23)20-11-8-6-5-7-10(11)16(17,18)19/h5-9,12H,4H2,1-3H3,(H,20,23). The van der Waals surface area contributed by atoms with Crippen molar-refractivity contribution in [2.45, 2.75) is 40.9 Å². The number of anilines is 1. The van der Waals surface area contributed by atoms with Gasteiger partial charge in [-0.15, -0.1) is 10.2 Å². The Morgan fingerprint density at radius 2 is 1.88 bits per heavy atom. The Labute approximate surface area is 162 Å². The molecule has 0 saturated carbocycles. The molecule has 0 spiro atoms. The van der Waals surface area contributed by atoms with Crippen LogP contribution >= 0.6 is 34.9 Å². The number of amides is 1. The van der Waals surface area contributed by atoms with Gasteiger partial charge < -0.3 is 5.32 Å². The molecule has 26 heavy (non-hydrogen) atoms. The molecule has 0 radical (unpaired) electrons. The number of hydrogen-bond acceptors (Lipinski definition) is 6. The highest BCUT2D eigenvalue weighted by Crippen LogP contribution is 2.37. The van der Waals surface area contributed by atoms with E-state index in [1.54, 1.807) is 11.8 Å². The molecule has 1 aromatic heterocycles. The third kappa shape index (κ3) is 5.62. The van der Waals surface area contributed by atoms with Crippen LogP contribution in [-0.2, 0) is 11.0 Å². The maximum atomic E-state index is 13.1. The van der Waals surface area contributed by atoms with Gasteiger partial charge in [0.15, 0.2) is 8.68 Å². The molecule has 1 aromatic carbocycles. The van der Waals surface area contributed by atoms with Gasteiger partial charge in [-0.1, -0.05) is 67.8 Å². The second kappa shape index (κ2) is 9.09. The van der Waals surface area contributed by atoms with E-state index < -0.39 is 22.9 Å². The zero-order valence-corrected chi connectivity index (χ0v) is 16.8. The molecule has 0 aliphatic carbocycles. The van der Waals surface area contributed by atoms with Crippen LogP contribution in [-0.4, -0.2) is 27.1 Å². The molecule has 1 unspecified atom stereocenters. The summed E-state index contributed by atoms with van der Waals surface area (Å²) in [6.07, 6.45) is -4.53. The minimum Gasteiger partial charge on any atom is -0.325 e. The van der Waals surface area contributed by atoms with Gasteiger partial charge in [-0.05, 0) is 23.8 Å². The number of nitrogens with one attached hydrogen (secondary N) is 1. The number of aromatic nitrogens is 2. The molecular weight excluding hydrogens is 403 g/mol. The first-order chi connectivity index (χ1) is 12.2. The molecule has 2 aromatic rings. The summed E-state index contributed by atoms with van der Waals surface area (Å²) >= 11 is 4.15. The number of para-hydroxylation sites is 1. The van der Waals surface area contributed by atoms with Crippen LogP contribution < -0.4 is 5.32 Å². The van der Waals surface area contributed by atoms with Gasteiger partial charge in [0, 0.05) is 0 Å². The number of rotatable bonds is 7. The fraction of sp³-hybridized carbons (Fsp3) is 0.438. The Balaban J connectivity index is 2.16. The van der Waals surface area contributed by atoms with Crippen LogP contribution in [0.2, 0.25) is 0 Å². The molecule has 2 rings (SSSR count). The van der Waals surface area contributed by atoms with Crippen molar-refractivity contribution in [3.8, 4) is 0 Å². The number of benzene rings is 1. The number of carbonyl (C=O) groups is 1. The van der Waals surface area contributed by atoms with E-state index in [0.717, 1.165) is 16.2 Å². The second-order valence-corrected chi connectivity index (χ2v) is 9.46. The molecule has 1 heterocycles. The Kier molecular flexibility index (Phi) is 7.36. The van der Waals surface area contributed by atoms with Gasteiger partial charge in [-0.2, -0.15) is 13.2 Å². The van der Waals surface area contributed by atoms with Crippen LogP contribution in [0.15, 0.2) is 32.9 Å². The van der Waals surface area contributed by atoms with Crippen LogP contribution in [0.4, 0.5) is 18.9 Å². The molecular formula is C16H18F3N3OS3. The molecule has 1 N–H and O–H groups in total. The Hall–Kier alpha value is -1.26. The third-order valence-electron chi connectivity index (χ3n) is 3.24. The summed E-state index contributed by atoms with van der Waals surface area (Å²) in [6, 6.07) is 4.96. The van der Waals surface area contributed by atoms with E-state index in [4.69, 9.17) is 0 Å². The Bertz CT molecular complexity index is 750. The maximum absolute atomic E-state index is 13.1. The Morgan fingerprint density at radius 3 is 2.50 bits per heavy atom. The van der Waals surface area contributed by atoms with Crippen LogP contribution in [0.1, 0.15) is 26.3 Å². The van der Waals surface area contributed by atoms with Gasteiger partial charge in [-0.25, -0.2) is 0 Å². The predicted molar refractivity (Wildman–Crippen MR) is 101 cm³/mol. The van der Waals surface area contributed by atoms with E-state index in [0.29, 0.717) is 4.34 Å². The first kappa shape index (κ1) is 21.0. The monoisotopic (exact) mass is 421 g/mol. The molecule has 142 valence electrons. The van der Waals surface area contributed by atoms with Crippen LogP contribution in [0.5, 0.6) is 0 Å². The fourth-order valence-corrected chi connectivity index (χ4v) is 5.20. The summed E-state index contributed by atoms with van der Waals surface area (Å²) in [5.41, 5.74) is -1.10. The van der Waals surface area contributed by atoms with Crippen molar-refractivity contribution in [2.75, 3.05) is 11.1 Å². The molecule has 0 aliphatic rings. The lowest BCUT2D eigenvalue weighted by atomic mass is 10.1. The largest absolute Gasteiger partial charge is 0.418 e. The van der Waals surface area contributed by atoms with Gasteiger partial charge in [0.05, 0.1) is 16.5 Å². The van der Waals surface area contributed by atoms with Gasteiger partial charge in [0.2, 0.25) is 5.91 Å². The SMILES string of the molecule is CCSc1nnc(SC(C(=O)Nc2ccccc2C(F)(F)F)C(C)C)s1. The molecule has 0 saturated heterocycles. The van der Waals surface area contributed by atoms with Crippen molar-refractivity contribution in [1.29, 1.82) is 0 Å². The highest BCUT2D eigenvalue weighted by Gasteiger charge is 2.34. The van der Waals surface area contributed by atoms with E-state index in [9.17, 15) is 18.0 Å². The summed E-state index contributed by atoms with van der Waals surface area (Å²) in [5, 5.41) is 9.93. The highest BCUT2D eigenvalue weighted by atomic mass is 32.2. The maximum Gasteiger partial charge on any atom is 0.418 e. The average molecular weight is 422 g/mol. The van der Waals surface area contributed by atoms with E-state index in [2.05, 4.69) is 15.5 Å². The average Bonchev–Trinajstić information content (AvgIpc) is 2.99. The lowest BCUT2D eigenvalue weighted by Gasteiger charge is -2.20. The zero-order chi connectivity index (χ0) is 19.3. The van der Waals surface area contributed by atoms with Gasteiger partial charge >= 0.3 is 6.18 Å². The van der Waals surface area contributed by atoms with Crippen molar-refractivity contribution in [3.05, 3.63) is 29.8 Å². The highest BCUT2D eigenvalue weighted by molar-refractivity contribution is 8.04. The summed E-state index contributed by atoms with van der Waals surface area (Å²) < 4.78 is 40.7. The van der Waals surface area contributed by atoms with Crippen LogP contribution in [0.3, 0.4) is 0 Å². The zero-order valence-electron chi connectivity index (χ0n) is 14.3. The number of hydrogen-bond donors (Lipinski definition) is 1. The third-order valence-corrected chi connectivity index (χ3v) is 6.81. The number of alkyl halides is 3. The van der Waals surface area contributed by atoms with E-state index in [1.165, 1.54) is 41.3 Å². The summed E-state index contributed by atoms with van der Waals surface area (Å²) in [5.74, 6) is 0.285. The molecule has 0 fully saturated rings. The number of nitrogens with zero attached hydrogens (tertiary/aromatic N) is 2. The number of carbonyl (C=O) groups excluding carboxylic acids is 1. The van der Waals surface area contributed by atoms with Crippen molar-refractivity contribution in [1.82, 2.24) is 10.2 Å². The van der Waals surface area contributed by atoms with Crippen molar-refractivity contribution >= 4 is 46.5 Å². The number of thioether (sulfide) groups is 2. The summed E-state index contributed by atoms with van der Waals surface area (Å²) in [4.78, 5) is 12.6. The van der Waals surface area contributed by atoms with Crippen LogP contribution in [0.25, 0.3) is 0 Å². The van der Waals surface area contributed by atoms with Crippen LogP contribution in [0, 0.1) is 5.92 Å². The van der Waals surface area contributed by atoms with Gasteiger partial charge in [0.1, 0.15) is 0 Å². The fourth-order valence-electron chi connectivity index (χ4n) is 2.07.